The molecule has 0 aliphatic heterocycles. The number of aromatic nitrogens is 3. The molecule has 0 fully saturated rings. The van der Waals surface area contributed by atoms with E-state index in [0.29, 0.717) is 11.3 Å². The van der Waals surface area contributed by atoms with Crippen LogP contribution in [0.25, 0.3) is 16.4 Å². The molecule has 0 saturated heterocycles. The zero-order valence-electron chi connectivity index (χ0n) is 14.2. The molecule has 0 radical (unpaired) electrons. The summed E-state index contributed by atoms with van der Waals surface area (Å²) in [5.41, 5.74) is 2.56. The molecule has 4 aromatic rings. The molecule has 0 unspecified atom stereocenters. The van der Waals surface area contributed by atoms with E-state index in [1.165, 1.54) is 0 Å². The van der Waals surface area contributed by atoms with Crippen molar-refractivity contribution in [2.75, 3.05) is 17.0 Å². The van der Waals surface area contributed by atoms with Crippen LogP contribution < -0.4 is 10.0 Å². The molecule has 0 spiro atoms. The highest BCUT2D eigenvalue weighted by Gasteiger charge is 2.13. The summed E-state index contributed by atoms with van der Waals surface area (Å²) in [7, 11) is -3.59. The van der Waals surface area contributed by atoms with Crippen molar-refractivity contribution in [2.45, 2.75) is 0 Å². The fraction of sp³-hybridized carbons (Fsp3) is 0.111. The number of amides is 1. The molecule has 0 aliphatic rings. The van der Waals surface area contributed by atoms with Gasteiger partial charge >= 0.3 is 0 Å². The van der Waals surface area contributed by atoms with Gasteiger partial charge in [0.15, 0.2) is 0 Å². The molecule has 3 aromatic heterocycles. The van der Waals surface area contributed by atoms with Gasteiger partial charge in [0.25, 0.3) is 5.91 Å². The van der Waals surface area contributed by atoms with Crippen LogP contribution in [-0.4, -0.2) is 41.2 Å². The number of rotatable bonds is 6. The molecule has 4 rings (SSSR count). The molecule has 1 amide bonds. The highest BCUT2D eigenvalue weighted by atomic mass is 32.2. The SMILES string of the molecule is O=C(NCCS(=O)(=O)Nc1ccn2nccc2c1)c1ccc2cc[nH]c2c1. The predicted octanol–water partition coefficient (Wildman–Crippen LogP) is 1.99. The van der Waals surface area contributed by atoms with Crippen LogP contribution in [0.5, 0.6) is 0 Å². The van der Waals surface area contributed by atoms with E-state index in [-0.39, 0.29) is 18.2 Å². The predicted molar refractivity (Wildman–Crippen MR) is 103 cm³/mol. The summed E-state index contributed by atoms with van der Waals surface area (Å²) in [5.74, 6) is -0.545. The van der Waals surface area contributed by atoms with Crippen molar-refractivity contribution in [3.8, 4) is 0 Å². The van der Waals surface area contributed by atoms with Crippen molar-refractivity contribution in [1.29, 1.82) is 0 Å². The number of hydrogen-bond donors (Lipinski definition) is 3. The van der Waals surface area contributed by atoms with Gasteiger partial charge in [-0.05, 0) is 41.8 Å². The number of aromatic amines is 1. The Bertz CT molecular complexity index is 1230. The van der Waals surface area contributed by atoms with Crippen LogP contribution >= 0.6 is 0 Å². The molecule has 0 saturated carbocycles. The highest BCUT2D eigenvalue weighted by Crippen LogP contribution is 2.14. The van der Waals surface area contributed by atoms with E-state index in [1.54, 1.807) is 53.4 Å². The average Bonchev–Trinajstić information content (AvgIpc) is 3.28. The lowest BCUT2D eigenvalue weighted by molar-refractivity contribution is 0.0956. The number of H-pyrrole nitrogens is 1. The van der Waals surface area contributed by atoms with Crippen LogP contribution in [0, 0.1) is 0 Å². The maximum absolute atomic E-state index is 12.2. The number of hydrogen-bond acceptors (Lipinski definition) is 4. The molecular weight excluding hydrogens is 366 g/mol. The van der Waals surface area contributed by atoms with E-state index < -0.39 is 10.0 Å². The third-order valence-electron chi connectivity index (χ3n) is 4.15. The minimum Gasteiger partial charge on any atom is -0.361 e. The highest BCUT2D eigenvalue weighted by molar-refractivity contribution is 7.92. The van der Waals surface area contributed by atoms with Gasteiger partial charge in [0, 0.05) is 36.2 Å². The molecule has 3 heterocycles. The van der Waals surface area contributed by atoms with Gasteiger partial charge in [0.05, 0.1) is 17.0 Å². The second-order valence-corrected chi connectivity index (χ2v) is 7.91. The molecule has 9 heteroatoms. The fourth-order valence-electron chi connectivity index (χ4n) is 2.81. The van der Waals surface area contributed by atoms with Crippen molar-refractivity contribution in [1.82, 2.24) is 19.9 Å². The molecule has 0 atom stereocenters. The molecule has 0 bridgehead atoms. The normalized spacial score (nSPS) is 11.7. The number of anilines is 1. The Morgan fingerprint density at radius 3 is 2.93 bits per heavy atom. The van der Waals surface area contributed by atoms with Crippen molar-refractivity contribution in [3.05, 3.63) is 66.6 Å². The number of carbonyl (C=O) groups is 1. The zero-order chi connectivity index (χ0) is 18.9. The molecule has 3 N–H and O–H groups in total. The number of nitrogens with zero attached hydrogens (tertiary/aromatic N) is 2. The first-order valence-corrected chi connectivity index (χ1v) is 9.95. The van der Waals surface area contributed by atoms with Crippen molar-refractivity contribution >= 4 is 38.0 Å². The van der Waals surface area contributed by atoms with Crippen LogP contribution in [0.15, 0.2) is 61.1 Å². The first kappa shape index (κ1) is 17.1. The van der Waals surface area contributed by atoms with Gasteiger partial charge in [-0.15, -0.1) is 0 Å². The molecule has 138 valence electrons. The van der Waals surface area contributed by atoms with Gasteiger partial charge in [-0.1, -0.05) is 6.07 Å². The third-order valence-corrected chi connectivity index (χ3v) is 5.43. The minimum absolute atomic E-state index is 0.00581. The number of fused-ring (bicyclic) bond motifs is 2. The summed E-state index contributed by atoms with van der Waals surface area (Å²) in [6.45, 7) is 0.00581. The lowest BCUT2D eigenvalue weighted by Gasteiger charge is -2.09. The number of nitrogens with one attached hydrogen (secondary N) is 3. The van der Waals surface area contributed by atoms with Crippen molar-refractivity contribution in [3.63, 3.8) is 0 Å². The number of carbonyl (C=O) groups excluding carboxylic acids is 1. The first-order valence-electron chi connectivity index (χ1n) is 8.29. The Labute approximate surface area is 155 Å². The Balaban J connectivity index is 1.36. The summed E-state index contributed by atoms with van der Waals surface area (Å²) < 4.78 is 28.6. The summed E-state index contributed by atoms with van der Waals surface area (Å²) in [6.07, 6.45) is 5.10. The Morgan fingerprint density at radius 2 is 2.04 bits per heavy atom. The van der Waals surface area contributed by atoms with Crippen LogP contribution in [0.3, 0.4) is 0 Å². The van der Waals surface area contributed by atoms with Crippen molar-refractivity contribution < 1.29 is 13.2 Å². The summed E-state index contributed by atoms with van der Waals surface area (Å²) in [5, 5.41) is 7.70. The van der Waals surface area contributed by atoms with Gasteiger partial charge in [-0.25, -0.2) is 12.9 Å². The zero-order valence-corrected chi connectivity index (χ0v) is 15.0. The monoisotopic (exact) mass is 383 g/mol. The van der Waals surface area contributed by atoms with E-state index in [1.807, 2.05) is 12.1 Å². The topological polar surface area (TPSA) is 108 Å². The van der Waals surface area contributed by atoms with E-state index >= 15 is 0 Å². The number of sulfonamides is 1. The maximum atomic E-state index is 12.2. The summed E-state index contributed by atoms with van der Waals surface area (Å²) in [4.78, 5) is 15.3. The standard InChI is InChI=1S/C18H17N5O3S/c24-18(14-2-1-13-3-6-19-17(13)11-14)20-8-10-27(25,26)22-15-5-9-23-16(12-15)4-7-21-23/h1-7,9,11-12,19,22H,8,10H2,(H,20,24). The van der Waals surface area contributed by atoms with Gasteiger partial charge in [0.2, 0.25) is 10.0 Å². The van der Waals surface area contributed by atoms with Gasteiger partial charge in [0.1, 0.15) is 0 Å². The molecule has 1 aromatic carbocycles. The molecular formula is C18H17N5O3S. The number of pyridine rings is 1. The maximum Gasteiger partial charge on any atom is 0.251 e. The summed E-state index contributed by atoms with van der Waals surface area (Å²) >= 11 is 0. The van der Waals surface area contributed by atoms with E-state index in [9.17, 15) is 13.2 Å². The van der Waals surface area contributed by atoms with Crippen LogP contribution in [0.2, 0.25) is 0 Å². The van der Waals surface area contributed by atoms with Crippen LogP contribution in [0.1, 0.15) is 10.4 Å². The minimum atomic E-state index is -3.59. The van der Waals surface area contributed by atoms with Gasteiger partial charge in [-0.3, -0.25) is 9.52 Å². The Kier molecular flexibility index (Phi) is 4.28. The Hall–Kier alpha value is -3.33. The van der Waals surface area contributed by atoms with Crippen LogP contribution in [0.4, 0.5) is 5.69 Å². The van der Waals surface area contributed by atoms with Gasteiger partial charge in [-0.2, -0.15) is 5.10 Å². The first-order chi connectivity index (χ1) is 13.0. The van der Waals surface area contributed by atoms with E-state index in [0.717, 1.165) is 16.4 Å². The van der Waals surface area contributed by atoms with E-state index in [4.69, 9.17) is 0 Å². The second kappa shape index (κ2) is 6.76. The van der Waals surface area contributed by atoms with Crippen LogP contribution in [-0.2, 0) is 10.0 Å². The van der Waals surface area contributed by atoms with Gasteiger partial charge < -0.3 is 10.3 Å². The molecule has 27 heavy (non-hydrogen) atoms. The molecule has 0 aliphatic carbocycles. The summed E-state index contributed by atoms with van der Waals surface area (Å²) in [6, 6.07) is 12.3. The quantitative estimate of drug-likeness (QED) is 0.473. The smallest absolute Gasteiger partial charge is 0.251 e. The largest absolute Gasteiger partial charge is 0.361 e. The Morgan fingerprint density at radius 1 is 1.15 bits per heavy atom. The lowest BCUT2D eigenvalue weighted by Crippen LogP contribution is -2.31. The lowest BCUT2D eigenvalue weighted by atomic mass is 10.1. The fourth-order valence-corrected chi connectivity index (χ4v) is 3.76. The third kappa shape index (κ3) is 3.77. The average molecular weight is 383 g/mol. The number of benzene rings is 1. The second-order valence-electron chi connectivity index (χ2n) is 6.07. The molecule has 8 nitrogen and oxygen atoms in total. The van der Waals surface area contributed by atoms with E-state index in [2.05, 4.69) is 20.1 Å². The van der Waals surface area contributed by atoms with Crippen molar-refractivity contribution in [2.24, 2.45) is 0 Å².